The minimum absolute atomic E-state index is 0.0584. The molecular formula is C16H22FN3S. The molecule has 0 aliphatic rings. The van der Waals surface area contributed by atoms with E-state index in [4.69, 9.17) is 0 Å². The van der Waals surface area contributed by atoms with Crippen LogP contribution in [0.3, 0.4) is 0 Å². The third-order valence-corrected chi connectivity index (χ3v) is 4.36. The first-order valence-corrected chi connectivity index (χ1v) is 7.97. The van der Waals surface area contributed by atoms with Crippen LogP contribution in [0.2, 0.25) is 0 Å². The third kappa shape index (κ3) is 3.73. The number of nitrogens with one attached hydrogen (secondary N) is 1. The molecule has 1 aromatic heterocycles. The Morgan fingerprint density at radius 2 is 2.00 bits per heavy atom. The summed E-state index contributed by atoms with van der Waals surface area (Å²) >= 11 is 1.62. The van der Waals surface area contributed by atoms with E-state index < -0.39 is 0 Å². The molecule has 2 rings (SSSR count). The standard InChI is InChI=1S/C16H22FN3S/c1-10(2)20(5)16-7-6-13(8-14(16)17)18-11(3)15-9-21-12(4)19-15/h6-11,18H,1-5H3. The molecule has 0 amide bonds. The number of thiazole rings is 1. The maximum Gasteiger partial charge on any atom is 0.148 e. The van der Waals surface area contributed by atoms with Crippen LogP contribution in [0.15, 0.2) is 23.6 Å². The highest BCUT2D eigenvalue weighted by atomic mass is 32.1. The highest BCUT2D eigenvalue weighted by molar-refractivity contribution is 7.09. The lowest BCUT2D eigenvalue weighted by atomic mass is 10.2. The summed E-state index contributed by atoms with van der Waals surface area (Å²) in [6, 6.07) is 5.59. The van der Waals surface area contributed by atoms with Gasteiger partial charge in [0, 0.05) is 24.2 Å². The molecule has 1 aromatic carbocycles. The molecule has 1 atom stereocenters. The highest BCUT2D eigenvalue weighted by Crippen LogP contribution is 2.26. The monoisotopic (exact) mass is 307 g/mol. The zero-order valence-electron chi connectivity index (χ0n) is 13.1. The minimum Gasteiger partial charge on any atom is -0.377 e. The molecule has 114 valence electrons. The number of nitrogens with zero attached hydrogens (tertiary/aromatic N) is 2. The number of aromatic nitrogens is 1. The lowest BCUT2D eigenvalue weighted by Crippen LogP contribution is -2.26. The topological polar surface area (TPSA) is 28.2 Å². The van der Waals surface area contributed by atoms with Gasteiger partial charge in [0.25, 0.3) is 0 Å². The Bertz CT molecular complexity index is 609. The number of anilines is 2. The Labute approximate surface area is 129 Å². The van der Waals surface area contributed by atoms with E-state index in [-0.39, 0.29) is 17.9 Å². The Morgan fingerprint density at radius 1 is 1.29 bits per heavy atom. The number of hydrogen-bond donors (Lipinski definition) is 1. The van der Waals surface area contributed by atoms with Gasteiger partial charge in [0.05, 0.1) is 22.4 Å². The number of halogens is 1. The second-order valence-electron chi connectivity index (χ2n) is 5.53. The van der Waals surface area contributed by atoms with Gasteiger partial charge >= 0.3 is 0 Å². The first-order valence-electron chi connectivity index (χ1n) is 7.09. The zero-order chi connectivity index (χ0) is 15.6. The molecule has 0 saturated carbocycles. The average molecular weight is 307 g/mol. The van der Waals surface area contributed by atoms with E-state index in [1.807, 2.05) is 57.2 Å². The van der Waals surface area contributed by atoms with Gasteiger partial charge in [0.2, 0.25) is 0 Å². The lowest BCUT2D eigenvalue weighted by molar-refractivity contribution is 0.613. The quantitative estimate of drug-likeness (QED) is 0.874. The van der Waals surface area contributed by atoms with Gasteiger partial charge in [0.15, 0.2) is 0 Å². The molecule has 0 aliphatic carbocycles. The van der Waals surface area contributed by atoms with Gasteiger partial charge in [-0.3, -0.25) is 0 Å². The second-order valence-corrected chi connectivity index (χ2v) is 6.59. The van der Waals surface area contributed by atoms with E-state index in [1.165, 1.54) is 0 Å². The normalized spacial score (nSPS) is 12.5. The van der Waals surface area contributed by atoms with Gasteiger partial charge in [-0.15, -0.1) is 11.3 Å². The zero-order valence-corrected chi connectivity index (χ0v) is 14.0. The molecule has 5 heteroatoms. The van der Waals surface area contributed by atoms with Gasteiger partial charge in [-0.1, -0.05) is 0 Å². The Kier molecular flexibility index (Phi) is 4.83. The van der Waals surface area contributed by atoms with Gasteiger partial charge in [0.1, 0.15) is 5.82 Å². The van der Waals surface area contributed by atoms with Crippen LogP contribution in [-0.2, 0) is 0 Å². The number of rotatable bonds is 5. The molecule has 1 heterocycles. The summed E-state index contributed by atoms with van der Waals surface area (Å²) in [5.74, 6) is -0.210. The van der Waals surface area contributed by atoms with E-state index in [0.29, 0.717) is 5.69 Å². The van der Waals surface area contributed by atoms with Crippen LogP contribution in [0.25, 0.3) is 0 Å². The van der Waals surface area contributed by atoms with Crippen molar-refractivity contribution in [2.45, 2.75) is 39.8 Å². The van der Waals surface area contributed by atoms with E-state index in [2.05, 4.69) is 10.3 Å². The molecule has 0 bridgehead atoms. The Morgan fingerprint density at radius 3 is 2.52 bits per heavy atom. The molecule has 3 nitrogen and oxygen atoms in total. The van der Waals surface area contributed by atoms with E-state index in [0.717, 1.165) is 16.4 Å². The summed E-state index contributed by atoms with van der Waals surface area (Å²) in [5.41, 5.74) is 2.38. The molecule has 0 aliphatic heterocycles. The van der Waals surface area contributed by atoms with Crippen molar-refractivity contribution in [2.75, 3.05) is 17.3 Å². The third-order valence-electron chi connectivity index (χ3n) is 3.57. The van der Waals surface area contributed by atoms with Crippen molar-refractivity contribution in [3.8, 4) is 0 Å². The van der Waals surface area contributed by atoms with Crippen molar-refractivity contribution in [1.82, 2.24) is 4.98 Å². The van der Waals surface area contributed by atoms with Crippen molar-refractivity contribution in [2.24, 2.45) is 0 Å². The first kappa shape index (κ1) is 15.8. The molecule has 2 aromatic rings. The summed E-state index contributed by atoms with van der Waals surface area (Å²) in [4.78, 5) is 6.38. The molecule has 1 N–H and O–H groups in total. The largest absolute Gasteiger partial charge is 0.377 e. The van der Waals surface area contributed by atoms with Crippen LogP contribution < -0.4 is 10.2 Å². The molecule has 0 spiro atoms. The number of hydrogen-bond acceptors (Lipinski definition) is 4. The summed E-state index contributed by atoms with van der Waals surface area (Å²) in [6.07, 6.45) is 0. The molecular weight excluding hydrogens is 285 g/mol. The van der Waals surface area contributed by atoms with Crippen LogP contribution in [0, 0.1) is 12.7 Å². The predicted octanol–water partition coefficient (Wildman–Crippen LogP) is 4.61. The summed E-state index contributed by atoms with van der Waals surface area (Å²) < 4.78 is 14.2. The van der Waals surface area contributed by atoms with Gasteiger partial charge in [-0.2, -0.15) is 0 Å². The van der Waals surface area contributed by atoms with Crippen molar-refractivity contribution >= 4 is 22.7 Å². The highest BCUT2D eigenvalue weighted by Gasteiger charge is 2.13. The Balaban J connectivity index is 2.13. The van der Waals surface area contributed by atoms with Gasteiger partial charge in [-0.05, 0) is 45.9 Å². The summed E-state index contributed by atoms with van der Waals surface area (Å²) in [7, 11) is 1.90. The fraction of sp³-hybridized carbons (Fsp3) is 0.438. The van der Waals surface area contributed by atoms with E-state index >= 15 is 0 Å². The van der Waals surface area contributed by atoms with E-state index in [1.54, 1.807) is 17.4 Å². The number of benzene rings is 1. The maximum absolute atomic E-state index is 14.2. The summed E-state index contributed by atoms with van der Waals surface area (Å²) in [5, 5.41) is 6.37. The van der Waals surface area contributed by atoms with Crippen LogP contribution in [0.1, 0.15) is 37.5 Å². The predicted molar refractivity (Wildman–Crippen MR) is 88.8 cm³/mol. The fourth-order valence-electron chi connectivity index (χ4n) is 2.06. The van der Waals surface area contributed by atoms with Gasteiger partial charge < -0.3 is 10.2 Å². The number of aryl methyl sites for hydroxylation is 1. The average Bonchev–Trinajstić information content (AvgIpc) is 2.85. The van der Waals surface area contributed by atoms with Crippen molar-refractivity contribution in [3.05, 3.63) is 40.1 Å². The molecule has 1 unspecified atom stereocenters. The molecule has 0 fully saturated rings. The van der Waals surface area contributed by atoms with Gasteiger partial charge in [-0.25, -0.2) is 9.37 Å². The van der Waals surface area contributed by atoms with Crippen molar-refractivity contribution in [1.29, 1.82) is 0 Å². The smallest absolute Gasteiger partial charge is 0.148 e. The summed E-state index contributed by atoms with van der Waals surface area (Å²) in [6.45, 7) is 8.09. The maximum atomic E-state index is 14.2. The van der Waals surface area contributed by atoms with Crippen molar-refractivity contribution in [3.63, 3.8) is 0 Å². The van der Waals surface area contributed by atoms with Crippen LogP contribution >= 0.6 is 11.3 Å². The van der Waals surface area contributed by atoms with Crippen LogP contribution in [-0.4, -0.2) is 18.1 Å². The van der Waals surface area contributed by atoms with Crippen molar-refractivity contribution < 1.29 is 4.39 Å². The Hall–Kier alpha value is -1.62. The SMILES string of the molecule is Cc1nc(C(C)Nc2ccc(N(C)C(C)C)c(F)c2)cs1. The fourth-order valence-corrected chi connectivity index (χ4v) is 2.77. The van der Waals surface area contributed by atoms with E-state index in [9.17, 15) is 4.39 Å². The lowest BCUT2D eigenvalue weighted by Gasteiger charge is -2.24. The van der Waals surface area contributed by atoms with Crippen LogP contribution in [0.4, 0.5) is 15.8 Å². The minimum atomic E-state index is -0.210. The first-order chi connectivity index (χ1) is 9.88. The molecule has 0 saturated heterocycles. The second kappa shape index (κ2) is 6.43. The van der Waals surface area contributed by atoms with Crippen LogP contribution in [0.5, 0.6) is 0 Å². The molecule has 0 radical (unpaired) electrons. The molecule has 21 heavy (non-hydrogen) atoms.